The van der Waals surface area contributed by atoms with Crippen LogP contribution in [0.4, 0.5) is 0 Å². The van der Waals surface area contributed by atoms with Gasteiger partial charge in [0.25, 0.3) is 0 Å². The van der Waals surface area contributed by atoms with Crippen molar-refractivity contribution < 1.29 is 0 Å². The topological polar surface area (TPSA) is 12.0 Å². The maximum atomic E-state index is 3.77. The van der Waals surface area contributed by atoms with Crippen LogP contribution in [0.1, 0.15) is 62.8 Å². The zero-order valence-corrected chi connectivity index (χ0v) is 12.7. The molecular weight excluding hydrogens is 218 g/mol. The highest BCUT2D eigenvalue weighted by Gasteiger charge is 2.22. The van der Waals surface area contributed by atoms with Gasteiger partial charge in [0.2, 0.25) is 0 Å². The maximum absolute atomic E-state index is 3.77. The van der Waals surface area contributed by atoms with Crippen LogP contribution in [0.25, 0.3) is 0 Å². The third-order valence-corrected chi connectivity index (χ3v) is 3.99. The van der Waals surface area contributed by atoms with Crippen LogP contribution in [0.5, 0.6) is 0 Å². The molecule has 0 aromatic heterocycles. The van der Waals surface area contributed by atoms with E-state index in [9.17, 15) is 0 Å². The van der Waals surface area contributed by atoms with E-state index >= 15 is 0 Å². The first-order chi connectivity index (χ1) is 8.65. The smallest absolute Gasteiger partial charge is 0.0353 e. The van der Waals surface area contributed by atoms with Crippen molar-refractivity contribution in [3.8, 4) is 0 Å². The van der Waals surface area contributed by atoms with Crippen LogP contribution >= 0.6 is 0 Å². The van der Waals surface area contributed by atoms with Gasteiger partial charge in [0.1, 0.15) is 0 Å². The number of hydrogen-bond donors (Lipinski definition) is 1. The molecule has 1 N–H and O–H groups in total. The molecule has 1 aromatic carbocycles. The Kier molecular flexibility index (Phi) is 6.42. The first kappa shape index (κ1) is 15.2. The van der Waals surface area contributed by atoms with Gasteiger partial charge < -0.3 is 5.32 Å². The number of rotatable bonds is 7. The first-order valence-electron chi connectivity index (χ1n) is 7.45. The van der Waals surface area contributed by atoms with Crippen molar-refractivity contribution in [2.75, 3.05) is 6.54 Å². The van der Waals surface area contributed by atoms with Gasteiger partial charge in [-0.1, -0.05) is 51.8 Å². The lowest BCUT2D eigenvalue weighted by Crippen LogP contribution is -2.30. The van der Waals surface area contributed by atoms with Gasteiger partial charge in [-0.2, -0.15) is 0 Å². The molecular formula is C17H29N. The summed E-state index contributed by atoms with van der Waals surface area (Å²) in [7, 11) is 0. The monoisotopic (exact) mass is 247 g/mol. The van der Waals surface area contributed by atoms with Gasteiger partial charge in [0.05, 0.1) is 0 Å². The van der Waals surface area contributed by atoms with E-state index in [1.807, 2.05) is 0 Å². The Morgan fingerprint density at radius 1 is 1.00 bits per heavy atom. The molecule has 0 radical (unpaired) electrons. The lowest BCUT2D eigenvalue weighted by Gasteiger charge is -2.29. The predicted molar refractivity (Wildman–Crippen MR) is 81.0 cm³/mol. The van der Waals surface area contributed by atoms with Crippen molar-refractivity contribution in [3.05, 3.63) is 34.9 Å². The second-order valence-corrected chi connectivity index (χ2v) is 5.31. The maximum Gasteiger partial charge on any atom is 0.0353 e. The van der Waals surface area contributed by atoms with Crippen LogP contribution in [0.2, 0.25) is 0 Å². The fraction of sp³-hybridized carbons (Fsp3) is 0.647. The lowest BCUT2D eigenvalue weighted by atomic mass is 9.84. The highest BCUT2D eigenvalue weighted by Crippen LogP contribution is 2.31. The second-order valence-electron chi connectivity index (χ2n) is 5.31. The van der Waals surface area contributed by atoms with Crippen LogP contribution in [0.3, 0.4) is 0 Å². The average molecular weight is 247 g/mol. The van der Waals surface area contributed by atoms with Crippen molar-refractivity contribution in [1.82, 2.24) is 5.32 Å². The summed E-state index contributed by atoms with van der Waals surface area (Å²) >= 11 is 0. The summed E-state index contributed by atoms with van der Waals surface area (Å²) in [6, 6.07) is 7.16. The molecule has 1 aromatic rings. The summed E-state index contributed by atoms with van der Waals surface area (Å²) in [6.07, 6.45) is 3.68. The molecule has 102 valence electrons. The zero-order valence-electron chi connectivity index (χ0n) is 12.7. The quantitative estimate of drug-likeness (QED) is 0.731. The number of aryl methyl sites for hydroxylation is 2. The fourth-order valence-corrected chi connectivity index (χ4v) is 2.88. The molecule has 0 heterocycles. The van der Waals surface area contributed by atoms with Gasteiger partial charge in [0.15, 0.2) is 0 Å². The third-order valence-electron chi connectivity index (χ3n) is 3.99. The van der Waals surface area contributed by atoms with Crippen LogP contribution in [-0.4, -0.2) is 6.54 Å². The van der Waals surface area contributed by atoms with Crippen LogP contribution in [0.15, 0.2) is 18.2 Å². The molecule has 1 rings (SSSR count). The normalized spacial score (nSPS) is 13.0. The Morgan fingerprint density at radius 3 is 2.00 bits per heavy atom. The van der Waals surface area contributed by atoms with Crippen LogP contribution < -0.4 is 5.32 Å². The molecule has 1 nitrogen and oxygen atoms in total. The summed E-state index contributed by atoms with van der Waals surface area (Å²) in [5.74, 6) is 0.733. The predicted octanol–water partition coefficient (Wildman–Crippen LogP) is 4.78. The van der Waals surface area contributed by atoms with E-state index in [-0.39, 0.29) is 0 Å². The van der Waals surface area contributed by atoms with Crippen molar-refractivity contribution >= 4 is 0 Å². The first-order valence-corrected chi connectivity index (χ1v) is 7.45. The largest absolute Gasteiger partial charge is 0.310 e. The summed E-state index contributed by atoms with van der Waals surface area (Å²) in [6.45, 7) is 12.4. The minimum atomic E-state index is 0.515. The van der Waals surface area contributed by atoms with Crippen molar-refractivity contribution in [3.63, 3.8) is 0 Å². The van der Waals surface area contributed by atoms with Crippen molar-refractivity contribution in [2.45, 2.75) is 59.9 Å². The van der Waals surface area contributed by atoms with Gasteiger partial charge in [-0.25, -0.2) is 0 Å². The Labute approximate surface area is 113 Å². The highest BCUT2D eigenvalue weighted by molar-refractivity contribution is 5.36. The fourth-order valence-electron chi connectivity index (χ4n) is 2.88. The lowest BCUT2D eigenvalue weighted by molar-refractivity contribution is 0.339. The van der Waals surface area contributed by atoms with Crippen molar-refractivity contribution in [1.29, 1.82) is 0 Å². The summed E-state index contributed by atoms with van der Waals surface area (Å²) in [4.78, 5) is 0. The molecule has 1 atom stereocenters. The molecule has 0 aliphatic carbocycles. The van der Waals surface area contributed by atoms with Crippen LogP contribution in [0, 0.1) is 19.8 Å². The Morgan fingerprint density at radius 2 is 1.56 bits per heavy atom. The van der Waals surface area contributed by atoms with Gasteiger partial charge in [-0.3, -0.25) is 0 Å². The molecule has 0 amide bonds. The van der Waals surface area contributed by atoms with Gasteiger partial charge >= 0.3 is 0 Å². The Balaban J connectivity index is 3.08. The third kappa shape index (κ3) is 3.58. The van der Waals surface area contributed by atoms with E-state index in [0.29, 0.717) is 6.04 Å². The molecule has 0 bridgehead atoms. The minimum absolute atomic E-state index is 0.515. The van der Waals surface area contributed by atoms with Gasteiger partial charge in [0, 0.05) is 6.04 Å². The highest BCUT2D eigenvalue weighted by atomic mass is 14.9. The minimum Gasteiger partial charge on any atom is -0.310 e. The Bertz CT molecular complexity index is 332. The molecule has 18 heavy (non-hydrogen) atoms. The van der Waals surface area contributed by atoms with E-state index < -0.39 is 0 Å². The molecule has 0 fully saturated rings. The molecule has 0 aliphatic heterocycles. The van der Waals surface area contributed by atoms with E-state index in [1.165, 1.54) is 36.0 Å². The number of benzene rings is 1. The van der Waals surface area contributed by atoms with Crippen molar-refractivity contribution in [2.24, 2.45) is 5.92 Å². The SMILES string of the molecule is CCCNC(c1c(C)cccc1C)C(CC)CC. The summed E-state index contributed by atoms with van der Waals surface area (Å²) < 4.78 is 0. The summed E-state index contributed by atoms with van der Waals surface area (Å²) in [5.41, 5.74) is 4.38. The van der Waals surface area contributed by atoms with Crippen LogP contribution in [-0.2, 0) is 0 Å². The molecule has 0 saturated heterocycles. The summed E-state index contributed by atoms with van der Waals surface area (Å²) in [5, 5.41) is 3.77. The molecule has 0 aliphatic rings. The zero-order chi connectivity index (χ0) is 13.5. The average Bonchev–Trinajstić information content (AvgIpc) is 2.36. The standard InChI is InChI=1S/C17H29N/c1-6-12-18-17(15(7-2)8-3)16-13(4)10-9-11-14(16)5/h9-11,15,17-18H,6-8,12H2,1-5H3. The molecule has 1 heteroatoms. The molecule has 0 spiro atoms. The number of nitrogens with one attached hydrogen (secondary N) is 1. The molecule has 1 unspecified atom stereocenters. The van der Waals surface area contributed by atoms with E-state index in [2.05, 4.69) is 58.1 Å². The Hall–Kier alpha value is -0.820. The van der Waals surface area contributed by atoms with Gasteiger partial charge in [-0.05, 0) is 49.4 Å². The van der Waals surface area contributed by atoms with E-state index in [0.717, 1.165) is 12.5 Å². The number of hydrogen-bond acceptors (Lipinski definition) is 1. The second kappa shape index (κ2) is 7.58. The van der Waals surface area contributed by atoms with E-state index in [1.54, 1.807) is 0 Å². The van der Waals surface area contributed by atoms with E-state index in [4.69, 9.17) is 0 Å². The van der Waals surface area contributed by atoms with Gasteiger partial charge in [-0.15, -0.1) is 0 Å². The molecule has 0 saturated carbocycles.